The van der Waals surface area contributed by atoms with E-state index in [9.17, 15) is 9.90 Å². The van der Waals surface area contributed by atoms with Crippen LogP contribution in [0, 0.1) is 11.3 Å². The molecule has 0 bridgehead atoms. The average molecular weight is 240 g/mol. The number of carbonyl (C=O) groups is 1. The lowest BCUT2D eigenvalue weighted by Gasteiger charge is -2.37. The van der Waals surface area contributed by atoms with Crippen molar-refractivity contribution in [2.75, 3.05) is 26.2 Å². The number of hydrogen-bond acceptors (Lipinski definition) is 3. The van der Waals surface area contributed by atoms with Crippen LogP contribution in [0.1, 0.15) is 38.5 Å². The van der Waals surface area contributed by atoms with Crippen molar-refractivity contribution in [1.29, 1.82) is 0 Å². The molecule has 0 aromatic heterocycles. The summed E-state index contributed by atoms with van der Waals surface area (Å²) in [5.41, 5.74) is 5.64. The molecule has 0 aromatic carbocycles. The lowest BCUT2D eigenvalue weighted by molar-refractivity contribution is -0.130. The van der Waals surface area contributed by atoms with Gasteiger partial charge < -0.3 is 15.7 Å². The molecule has 0 unspecified atom stereocenters. The largest absolute Gasteiger partial charge is 0.396 e. The van der Waals surface area contributed by atoms with E-state index in [0.29, 0.717) is 13.0 Å². The monoisotopic (exact) mass is 240 g/mol. The van der Waals surface area contributed by atoms with Gasteiger partial charge in [0.1, 0.15) is 0 Å². The van der Waals surface area contributed by atoms with Gasteiger partial charge in [-0.15, -0.1) is 0 Å². The lowest BCUT2D eigenvalue weighted by Crippen LogP contribution is -2.35. The van der Waals surface area contributed by atoms with E-state index < -0.39 is 0 Å². The van der Waals surface area contributed by atoms with Crippen molar-refractivity contribution in [1.82, 2.24) is 4.90 Å². The minimum atomic E-state index is 0.161. The Labute approximate surface area is 103 Å². The number of hydrogen-bond donors (Lipinski definition) is 2. The van der Waals surface area contributed by atoms with Gasteiger partial charge in [-0.2, -0.15) is 0 Å². The smallest absolute Gasteiger partial charge is 0.223 e. The number of carbonyl (C=O) groups excluding carboxylic acids is 1. The fourth-order valence-electron chi connectivity index (χ4n) is 3.58. The summed E-state index contributed by atoms with van der Waals surface area (Å²) in [5.74, 6) is 0.443. The zero-order valence-electron chi connectivity index (χ0n) is 10.5. The molecule has 1 saturated heterocycles. The molecule has 1 spiro atoms. The normalized spacial score (nSPS) is 27.6. The van der Waals surface area contributed by atoms with Crippen LogP contribution in [0.3, 0.4) is 0 Å². The number of aliphatic hydroxyl groups excluding tert-OH is 1. The molecule has 98 valence electrons. The molecule has 17 heavy (non-hydrogen) atoms. The van der Waals surface area contributed by atoms with Crippen LogP contribution in [0.4, 0.5) is 0 Å². The van der Waals surface area contributed by atoms with Gasteiger partial charge in [-0.1, -0.05) is 19.3 Å². The van der Waals surface area contributed by atoms with Crippen molar-refractivity contribution in [2.45, 2.75) is 38.5 Å². The van der Waals surface area contributed by atoms with E-state index in [2.05, 4.69) is 0 Å². The first-order valence-electron chi connectivity index (χ1n) is 6.80. The van der Waals surface area contributed by atoms with Crippen molar-refractivity contribution < 1.29 is 9.90 Å². The van der Waals surface area contributed by atoms with Gasteiger partial charge in [0.25, 0.3) is 0 Å². The molecular formula is C13H24N2O2. The fraction of sp³-hybridized carbons (Fsp3) is 0.923. The van der Waals surface area contributed by atoms with Gasteiger partial charge >= 0.3 is 0 Å². The van der Waals surface area contributed by atoms with Crippen LogP contribution >= 0.6 is 0 Å². The number of amides is 1. The highest BCUT2D eigenvalue weighted by atomic mass is 16.3. The predicted molar refractivity (Wildman–Crippen MR) is 66.3 cm³/mol. The van der Waals surface area contributed by atoms with Crippen LogP contribution in [0.2, 0.25) is 0 Å². The molecule has 1 aliphatic carbocycles. The standard InChI is InChI=1S/C13H24N2O2/c14-7-4-12(17)15-8-11(9-16)13(10-15)5-2-1-3-6-13/h11,16H,1-10,14H2/t11-/m1/s1. The van der Waals surface area contributed by atoms with Crippen LogP contribution in [-0.4, -0.2) is 42.2 Å². The maximum atomic E-state index is 11.9. The van der Waals surface area contributed by atoms with Gasteiger partial charge in [-0.25, -0.2) is 0 Å². The highest BCUT2D eigenvalue weighted by Crippen LogP contribution is 2.47. The Balaban J connectivity index is 2.04. The summed E-state index contributed by atoms with van der Waals surface area (Å²) in [6.07, 6.45) is 6.57. The Bertz CT molecular complexity index is 275. The molecule has 0 radical (unpaired) electrons. The third kappa shape index (κ3) is 2.47. The highest BCUT2D eigenvalue weighted by Gasteiger charge is 2.47. The molecule has 1 saturated carbocycles. The summed E-state index contributed by atoms with van der Waals surface area (Å²) in [6, 6.07) is 0. The molecular weight excluding hydrogens is 216 g/mol. The summed E-state index contributed by atoms with van der Waals surface area (Å²) in [7, 11) is 0. The fourth-order valence-corrected chi connectivity index (χ4v) is 3.58. The quantitative estimate of drug-likeness (QED) is 0.764. The Morgan fingerprint density at radius 2 is 2.06 bits per heavy atom. The van der Waals surface area contributed by atoms with Crippen LogP contribution < -0.4 is 5.73 Å². The van der Waals surface area contributed by atoms with Crippen LogP contribution in [-0.2, 0) is 4.79 Å². The number of aliphatic hydroxyl groups is 1. The number of nitrogens with two attached hydrogens (primary N) is 1. The minimum absolute atomic E-state index is 0.161. The van der Waals surface area contributed by atoms with E-state index in [1.54, 1.807) is 0 Å². The topological polar surface area (TPSA) is 66.6 Å². The van der Waals surface area contributed by atoms with Crippen molar-refractivity contribution in [3.8, 4) is 0 Å². The highest BCUT2D eigenvalue weighted by molar-refractivity contribution is 5.76. The summed E-state index contributed by atoms with van der Waals surface area (Å²) in [6.45, 7) is 2.21. The van der Waals surface area contributed by atoms with E-state index in [-0.39, 0.29) is 23.8 Å². The molecule has 0 aromatic rings. The third-order valence-electron chi connectivity index (χ3n) is 4.59. The maximum Gasteiger partial charge on any atom is 0.223 e. The molecule has 4 nitrogen and oxygen atoms in total. The van der Waals surface area contributed by atoms with E-state index >= 15 is 0 Å². The molecule has 2 rings (SSSR count). The second kappa shape index (κ2) is 5.36. The van der Waals surface area contributed by atoms with Gasteiger partial charge in [-0.3, -0.25) is 4.79 Å². The van der Waals surface area contributed by atoms with Crippen molar-refractivity contribution >= 4 is 5.91 Å². The number of likely N-dealkylation sites (tertiary alicyclic amines) is 1. The number of rotatable bonds is 3. The zero-order valence-corrected chi connectivity index (χ0v) is 10.5. The van der Waals surface area contributed by atoms with Gasteiger partial charge in [0.2, 0.25) is 5.91 Å². The molecule has 3 N–H and O–H groups in total. The van der Waals surface area contributed by atoms with E-state index in [4.69, 9.17) is 5.73 Å². The molecule has 1 heterocycles. The Morgan fingerprint density at radius 1 is 1.35 bits per heavy atom. The van der Waals surface area contributed by atoms with E-state index in [0.717, 1.165) is 13.1 Å². The summed E-state index contributed by atoms with van der Waals surface area (Å²) < 4.78 is 0. The molecule has 4 heteroatoms. The molecule has 1 aliphatic heterocycles. The van der Waals surface area contributed by atoms with Gasteiger partial charge in [0.15, 0.2) is 0 Å². The second-order valence-corrected chi connectivity index (χ2v) is 5.62. The van der Waals surface area contributed by atoms with Crippen LogP contribution in [0.25, 0.3) is 0 Å². The van der Waals surface area contributed by atoms with E-state index in [1.807, 2.05) is 4.90 Å². The van der Waals surface area contributed by atoms with Gasteiger partial charge in [-0.05, 0) is 18.3 Å². The summed E-state index contributed by atoms with van der Waals surface area (Å²) in [4.78, 5) is 13.8. The Kier molecular flexibility index (Phi) is 4.05. The lowest BCUT2D eigenvalue weighted by atomic mass is 9.68. The molecule has 1 amide bonds. The Hall–Kier alpha value is -0.610. The molecule has 2 fully saturated rings. The average Bonchev–Trinajstić information content (AvgIpc) is 2.69. The van der Waals surface area contributed by atoms with Gasteiger partial charge in [0, 0.05) is 38.6 Å². The van der Waals surface area contributed by atoms with Crippen molar-refractivity contribution in [3.63, 3.8) is 0 Å². The van der Waals surface area contributed by atoms with Crippen molar-refractivity contribution in [3.05, 3.63) is 0 Å². The second-order valence-electron chi connectivity index (χ2n) is 5.62. The molecule has 2 aliphatic rings. The Morgan fingerprint density at radius 3 is 2.65 bits per heavy atom. The SMILES string of the molecule is NCCC(=O)N1C[C@H](CO)C2(CCCCC2)C1. The van der Waals surface area contributed by atoms with Crippen molar-refractivity contribution in [2.24, 2.45) is 17.1 Å². The molecule has 1 atom stereocenters. The van der Waals surface area contributed by atoms with E-state index in [1.165, 1.54) is 32.1 Å². The van der Waals surface area contributed by atoms with Crippen LogP contribution in [0.15, 0.2) is 0 Å². The first-order chi connectivity index (χ1) is 8.22. The minimum Gasteiger partial charge on any atom is -0.396 e. The predicted octanol–water partition coefficient (Wildman–Crippen LogP) is 0.736. The maximum absolute atomic E-state index is 11.9. The van der Waals surface area contributed by atoms with Gasteiger partial charge in [0.05, 0.1) is 0 Å². The summed E-state index contributed by atoms with van der Waals surface area (Å²) >= 11 is 0. The van der Waals surface area contributed by atoms with Crippen LogP contribution in [0.5, 0.6) is 0 Å². The third-order valence-corrected chi connectivity index (χ3v) is 4.59. The first-order valence-corrected chi connectivity index (χ1v) is 6.80. The first kappa shape index (κ1) is 12.8. The number of nitrogens with zero attached hydrogens (tertiary/aromatic N) is 1. The zero-order chi connectivity index (χ0) is 12.3. The summed E-state index contributed by atoms with van der Waals surface area (Å²) in [5, 5.41) is 9.55.